The molecule has 4 rings (SSSR count). The van der Waals surface area contributed by atoms with E-state index in [9.17, 15) is 18.0 Å². The highest BCUT2D eigenvalue weighted by molar-refractivity contribution is 7.91. The molecule has 2 fully saturated rings. The number of hydrogen-bond donors (Lipinski definition) is 0. The van der Waals surface area contributed by atoms with Gasteiger partial charge in [-0.1, -0.05) is 47.0 Å². The summed E-state index contributed by atoms with van der Waals surface area (Å²) >= 11 is 1.15. The summed E-state index contributed by atoms with van der Waals surface area (Å²) in [5, 5.41) is 0. The minimum atomic E-state index is -3.81. The maximum absolute atomic E-state index is 13.7. The third-order valence-electron chi connectivity index (χ3n) is 8.38. The lowest BCUT2D eigenvalue weighted by atomic mass is 10.0. The molecule has 0 aromatic carbocycles. The predicted molar refractivity (Wildman–Crippen MR) is 128 cm³/mol. The van der Waals surface area contributed by atoms with Crippen LogP contribution in [0.15, 0.2) is 4.21 Å². The van der Waals surface area contributed by atoms with E-state index in [0.29, 0.717) is 32.6 Å². The van der Waals surface area contributed by atoms with E-state index in [1.54, 1.807) is 0 Å². The van der Waals surface area contributed by atoms with Crippen molar-refractivity contribution in [3.05, 3.63) is 16.0 Å². The fraction of sp³-hybridized carbons (Fsp3) is 0.750. The van der Waals surface area contributed by atoms with Crippen molar-refractivity contribution >= 4 is 33.2 Å². The Morgan fingerprint density at radius 2 is 1.55 bits per heavy atom. The number of carbonyl (C=O) groups is 2. The molecule has 0 radical (unpaired) electrons. The van der Waals surface area contributed by atoms with Gasteiger partial charge in [-0.2, -0.15) is 4.31 Å². The summed E-state index contributed by atoms with van der Waals surface area (Å²) in [5.74, 6) is -0.532. The molecule has 1 saturated heterocycles. The zero-order valence-electron chi connectivity index (χ0n) is 20.4. The second kappa shape index (κ2) is 8.64. The second-order valence-electron chi connectivity index (χ2n) is 10.7. The first-order chi connectivity index (χ1) is 15.4. The molecule has 7 nitrogen and oxygen atoms in total. The highest BCUT2D eigenvalue weighted by Gasteiger charge is 2.68. The molecule has 0 atom stereocenters. The summed E-state index contributed by atoms with van der Waals surface area (Å²) in [6.07, 6.45) is 5.28. The third-order valence-corrected chi connectivity index (χ3v) is 12.0. The van der Waals surface area contributed by atoms with Gasteiger partial charge in [0.2, 0.25) is 5.91 Å². The highest BCUT2D eigenvalue weighted by atomic mass is 32.2. The van der Waals surface area contributed by atoms with Gasteiger partial charge in [-0.25, -0.2) is 13.2 Å². The summed E-state index contributed by atoms with van der Waals surface area (Å²) in [5.41, 5.74) is 0.795. The Morgan fingerprint density at radius 1 is 0.970 bits per heavy atom. The Hall–Kier alpha value is -1.45. The van der Waals surface area contributed by atoms with Crippen LogP contribution in [0.5, 0.6) is 0 Å². The van der Waals surface area contributed by atoms with Crippen LogP contribution in [0.25, 0.3) is 0 Å². The largest absolute Gasteiger partial charge is 0.465 e. The van der Waals surface area contributed by atoms with Gasteiger partial charge in [-0.15, -0.1) is 11.3 Å². The van der Waals surface area contributed by atoms with Gasteiger partial charge in [-0.05, 0) is 35.7 Å². The SMILES string of the molecule is COC(=O)c1c(S(=O)(=O)N2CCCCCCC2)sc2c1CCN(C(=O)C1C(C)(C)C1(C)C)C2. The standard InChI is InChI=1S/C24H36N2O5S2/c1-23(2)19(24(23,3)4)20(27)25-14-11-16-17(15-25)32-22(18(16)21(28)31-5)33(29,30)26-12-9-7-6-8-10-13-26/h19H,6-15H2,1-5H3. The van der Waals surface area contributed by atoms with Crippen LogP contribution in [-0.4, -0.2) is 56.2 Å². The number of hydrogen-bond acceptors (Lipinski definition) is 6. The van der Waals surface area contributed by atoms with Crippen molar-refractivity contribution in [2.24, 2.45) is 16.7 Å². The molecule has 1 aliphatic carbocycles. The molecule has 0 N–H and O–H groups in total. The van der Waals surface area contributed by atoms with E-state index >= 15 is 0 Å². The number of sulfonamides is 1. The number of amides is 1. The minimum Gasteiger partial charge on any atom is -0.465 e. The molecular formula is C24H36N2O5S2. The van der Waals surface area contributed by atoms with Crippen LogP contribution in [0.1, 0.15) is 80.6 Å². The molecule has 1 aromatic rings. The van der Waals surface area contributed by atoms with Crippen molar-refractivity contribution in [2.45, 2.75) is 77.0 Å². The molecule has 184 valence electrons. The maximum atomic E-state index is 13.7. The fourth-order valence-electron chi connectivity index (χ4n) is 5.63. The minimum absolute atomic E-state index is 0.0455. The zero-order valence-corrected chi connectivity index (χ0v) is 22.0. The zero-order chi connectivity index (χ0) is 24.2. The first-order valence-corrected chi connectivity index (χ1v) is 14.2. The Morgan fingerprint density at radius 3 is 2.09 bits per heavy atom. The van der Waals surface area contributed by atoms with Crippen molar-refractivity contribution in [1.29, 1.82) is 0 Å². The molecule has 3 aliphatic rings. The predicted octanol–water partition coefficient (Wildman–Crippen LogP) is 4.06. The van der Waals surface area contributed by atoms with Gasteiger partial charge in [-0.3, -0.25) is 4.79 Å². The van der Waals surface area contributed by atoms with Crippen molar-refractivity contribution in [1.82, 2.24) is 9.21 Å². The Bertz CT molecular complexity index is 1040. The average molecular weight is 497 g/mol. The molecule has 1 saturated carbocycles. The van der Waals surface area contributed by atoms with E-state index in [1.165, 1.54) is 11.4 Å². The molecule has 0 spiro atoms. The molecule has 3 heterocycles. The van der Waals surface area contributed by atoms with Gasteiger partial charge in [0, 0.05) is 30.4 Å². The van der Waals surface area contributed by atoms with Crippen molar-refractivity contribution < 1.29 is 22.7 Å². The Kier molecular flexibility index (Phi) is 6.46. The number of ether oxygens (including phenoxy) is 1. The topological polar surface area (TPSA) is 84.0 Å². The summed E-state index contributed by atoms with van der Waals surface area (Å²) < 4.78 is 34.0. The summed E-state index contributed by atoms with van der Waals surface area (Å²) in [7, 11) is -2.53. The van der Waals surface area contributed by atoms with Crippen LogP contribution >= 0.6 is 11.3 Å². The summed E-state index contributed by atoms with van der Waals surface area (Å²) in [6.45, 7) is 10.3. The molecule has 33 heavy (non-hydrogen) atoms. The number of esters is 1. The first kappa shape index (κ1) is 24.7. The summed E-state index contributed by atoms with van der Waals surface area (Å²) in [6, 6.07) is 0. The van der Waals surface area contributed by atoms with E-state index in [4.69, 9.17) is 4.74 Å². The van der Waals surface area contributed by atoms with Crippen LogP contribution in [0.3, 0.4) is 0 Å². The molecule has 9 heteroatoms. The van der Waals surface area contributed by atoms with Crippen molar-refractivity contribution in [2.75, 3.05) is 26.7 Å². The highest BCUT2D eigenvalue weighted by Crippen LogP contribution is 2.69. The lowest BCUT2D eigenvalue weighted by molar-refractivity contribution is -0.134. The number of rotatable bonds is 4. The maximum Gasteiger partial charge on any atom is 0.340 e. The van der Waals surface area contributed by atoms with Gasteiger partial charge in [0.1, 0.15) is 4.21 Å². The molecule has 1 amide bonds. The van der Waals surface area contributed by atoms with Crippen LogP contribution in [0.4, 0.5) is 0 Å². The molecule has 1 aromatic heterocycles. The molecular weight excluding hydrogens is 460 g/mol. The van der Waals surface area contributed by atoms with Gasteiger partial charge in [0.25, 0.3) is 10.0 Å². The number of nitrogens with zero attached hydrogens (tertiary/aromatic N) is 2. The molecule has 0 bridgehead atoms. The fourth-order valence-corrected chi connectivity index (χ4v) is 9.19. The second-order valence-corrected chi connectivity index (χ2v) is 14.0. The van der Waals surface area contributed by atoms with Gasteiger partial charge < -0.3 is 9.64 Å². The monoisotopic (exact) mass is 496 g/mol. The van der Waals surface area contributed by atoms with Crippen LogP contribution in [-0.2, 0) is 32.5 Å². The lowest BCUT2D eigenvalue weighted by Gasteiger charge is -2.28. The quantitative estimate of drug-likeness (QED) is 0.587. The molecule has 0 unspecified atom stereocenters. The van der Waals surface area contributed by atoms with Crippen molar-refractivity contribution in [3.8, 4) is 0 Å². The van der Waals surface area contributed by atoms with E-state index in [0.717, 1.165) is 53.9 Å². The first-order valence-electron chi connectivity index (χ1n) is 12.0. The number of thiophene rings is 1. The van der Waals surface area contributed by atoms with E-state index < -0.39 is 16.0 Å². The third kappa shape index (κ3) is 4.04. The number of fused-ring (bicyclic) bond motifs is 1. The number of carbonyl (C=O) groups excluding carboxylic acids is 2. The van der Waals surface area contributed by atoms with Gasteiger partial charge in [0.05, 0.1) is 19.2 Å². The van der Waals surface area contributed by atoms with Crippen molar-refractivity contribution in [3.63, 3.8) is 0 Å². The smallest absolute Gasteiger partial charge is 0.340 e. The normalized spacial score (nSPS) is 23.4. The van der Waals surface area contributed by atoms with E-state index in [-0.39, 0.29) is 32.4 Å². The average Bonchev–Trinajstić information content (AvgIpc) is 3.01. The van der Waals surface area contributed by atoms with Crippen LogP contribution < -0.4 is 0 Å². The summed E-state index contributed by atoms with van der Waals surface area (Å²) in [4.78, 5) is 28.7. The van der Waals surface area contributed by atoms with E-state index in [1.807, 2.05) is 4.90 Å². The lowest BCUT2D eigenvalue weighted by Crippen LogP contribution is -2.38. The molecule has 2 aliphatic heterocycles. The number of methoxy groups -OCH3 is 1. The van der Waals surface area contributed by atoms with Crippen LogP contribution in [0.2, 0.25) is 0 Å². The van der Waals surface area contributed by atoms with E-state index in [2.05, 4.69) is 27.7 Å². The Balaban J connectivity index is 1.66. The van der Waals surface area contributed by atoms with Gasteiger partial charge >= 0.3 is 5.97 Å². The Labute approximate surface area is 201 Å². The van der Waals surface area contributed by atoms with Crippen LogP contribution in [0, 0.1) is 16.7 Å². The van der Waals surface area contributed by atoms with Gasteiger partial charge in [0.15, 0.2) is 0 Å².